The lowest BCUT2D eigenvalue weighted by Gasteiger charge is -2.33. The zero-order valence-electron chi connectivity index (χ0n) is 20.5. The SMILES string of the molecule is CC[C@@H](C(=O)NC(C)C)N(Cc1ccc(Cl)c(Cl)c1)C(=O)CN(c1ccc2c(c1)OCO2)S(C)(=O)=O. The van der Waals surface area contributed by atoms with Crippen LogP contribution < -0.4 is 19.1 Å². The second kappa shape index (κ2) is 11.6. The lowest BCUT2D eigenvalue weighted by atomic mass is 10.1. The van der Waals surface area contributed by atoms with E-state index in [9.17, 15) is 18.0 Å². The molecule has 9 nitrogen and oxygen atoms in total. The van der Waals surface area contributed by atoms with Gasteiger partial charge in [0.25, 0.3) is 0 Å². The van der Waals surface area contributed by atoms with E-state index in [4.69, 9.17) is 32.7 Å². The normalized spacial score (nSPS) is 13.4. The van der Waals surface area contributed by atoms with Crippen LogP contribution in [0.1, 0.15) is 32.8 Å². The number of benzene rings is 2. The van der Waals surface area contributed by atoms with E-state index in [1.54, 1.807) is 31.2 Å². The summed E-state index contributed by atoms with van der Waals surface area (Å²) in [6.45, 7) is 4.95. The summed E-state index contributed by atoms with van der Waals surface area (Å²) in [6, 6.07) is 8.56. The highest BCUT2D eigenvalue weighted by Gasteiger charge is 2.32. The average Bonchev–Trinajstić information content (AvgIpc) is 3.26. The summed E-state index contributed by atoms with van der Waals surface area (Å²) in [5.41, 5.74) is 0.881. The highest BCUT2D eigenvalue weighted by Crippen LogP contribution is 2.36. The fraction of sp³-hybridized carbons (Fsp3) is 0.417. The summed E-state index contributed by atoms with van der Waals surface area (Å²) in [7, 11) is -3.87. The van der Waals surface area contributed by atoms with E-state index in [1.807, 2.05) is 13.8 Å². The Bertz CT molecular complexity index is 1240. The minimum Gasteiger partial charge on any atom is -0.454 e. The van der Waals surface area contributed by atoms with Crippen molar-refractivity contribution in [2.24, 2.45) is 0 Å². The van der Waals surface area contributed by atoms with Crippen LogP contribution in [0.15, 0.2) is 36.4 Å². The molecular formula is C24H29Cl2N3O6S. The number of rotatable bonds is 10. The Kier molecular flexibility index (Phi) is 8.97. The number of fused-ring (bicyclic) bond motifs is 1. The molecule has 12 heteroatoms. The molecular weight excluding hydrogens is 529 g/mol. The van der Waals surface area contributed by atoms with Crippen LogP contribution in [-0.4, -0.2) is 56.8 Å². The molecule has 2 amide bonds. The summed E-state index contributed by atoms with van der Waals surface area (Å²) in [4.78, 5) is 28.1. The topological polar surface area (TPSA) is 105 Å². The van der Waals surface area contributed by atoms with Gasteiger partial charge in [0.2, 0.25) is 28.6 Å². The Labute approximate surface area is 221 Å². The molecule has 3 rings (SSSR count). The van der Waals surface area contributed by atoms with E-state index in [0.717, 1.165) is 10.6 Å². The van der Waals surface area contributed by atoms with Crippen LogP contribution in [-0.2, 0) is 26.2 Å². The molecule has 0 fully saturated rings. The Hall–Kier alpha value is -2.69. The predicted molar refractivity (Wildman–Crippen MR) is 139 cm³/mol. The van der Waals surface area contributed by atoms with Crippen LogP contribution in [0, 0.1) is 0 Å². The number of hydrogen-bond donors (Lipinski definition) is 1. The first-order valence-corrected chi connectivity index (χ1v) is 13.9. The van der Waals surface area contributed by atoms with Gasteiger partial charge in [-0.25, -0.2) is 8.42 Å². The van der Waals surface area contributed by atoms with Gasteiger partial charge in [-0.1, -0.05) is 36.2 Å². The third-order valence-corrected chi connectivity index (χ3v) is 7.36. The number of sulfonamides is 1. The van der Waals surface area contributed by atoms with Crippen molar-refractivity contribution in [2.75, 3.05) is 23.9 Å². The fourth-order valence-corrected chi connectivity index (χ4v) is 4.95. The standard InChI is InChI=1S/C24H29Cl2N3O6S/c1-5-20(24(31)27-15(2)3)28(12-16-6-8-18(25)19(26)10-16)23(30)13-29(36(4,32)33)17-7-9-21-22(11-17)35-14-34-21/h6-11,15,20H,5,12-14H2,1-4H3,(H,27,31)/t20-/m0/s1. The maximum absolute atomic E-state index is 13.7. The number of hydrogen-bond acceptors (Lipinski definition) is 6. The van der Waals surface area contributed by atoms with Gasteiger partial charge < -0.3 is 19.7 Å². The quantitative estimate of drug-likeness (QED) is 0.476. The molecule has 2 aromatic carbocycles. The van der Waals surface area contributed by atoms with Gasteiger partial charge in [-0.15, -0.1) is 0 Å². The second-order valence-electron chi connectivity index (χ2n) is 8.66. The van der Waals surface area contributed by atoms with E-state index < -0.39 is 28.5 Å². The Morgan fingerprint density at radius 3 is 2.36 bits per heavy atom. The molecule has 1 heterocycles. The Balaban J connectivity index is 1.96. The van der Waals surface area contributed by atoms with Crippen molar-refractivity contribution in [3.05, 3.63) is 52.0 Å². The highest BCUT2D eigenvalue weighted by atomic mass is 35.5. The Morgan fingerprint density at radius 1 is 1.06 bits per heavy atom. The van der Waals surface area contributed by atoms with E-state index in [0.29, 0.717) is 33.5 Å². The van der Waals surface area contributed by atoms with Crippen molar-refractivity contribution in [1.29, 1.82) is 0 Å². The van der Waals surface area contributed by atoms with Crippen LogP contribution in [0.4, 0.5) is 5.69 Å². The van der Waals surface area contributed by atoms with Gasteiger partial charge in [-0.2, -0.15) is 0 Å². The van der Waals surface area contributed by atoms with Crippen LogP contribution in [0.5, 0.6) is 11.5 Å². The molecule has 1 N–H and O–H groups in total. The van der Waals surface area contributed by atoms with Gasteiger partial charge in [-0.05, 0) is 50.1 Å². The minimum absolute atomic E-state index is 0.0250. The van der Waals surface area contributed by atoms with Crippen LogP contribution in [0.2, 0.25) is 10.0 Å². The number of carbonyl (C=O) groups excluding carboxylic acids is 2. The number of amides is 2. The molecule has 1 aliphatic heterocycles. The highest BCUT2D eigenvalue weighted by molar-refractivity contribution is 7.92. The maximum Gasteiger partial charge on any atom is 0.244 e. The molecule has 0 saturated carbocycles. The monoisotopic (exact) mass is 557 g/mol. The largest absolute Gasteiger partial charge is 0.454 e. The first kappa shape index (κ1) is 27.9. The average molecular weight is 558 g/mol. The summed E-state index contributed by atoms with van der Waals surface area (Å²) < 4.78 is 37.1. The zero-order valence-corrected chi connectivity index (χ0v) is 22.8. The molecule has 0 aromatic heterocycles. The lowest BCUT2D eigenvalue weighted by molar-refractivity contribution is -0.140. The Morgan fingerprint density at radius 2 is 1.75 bits per heavy atom. The van der Waals surface area contributed by atoms with Crippen molar-refractivity contribution >= 4 is 50.7 Å². The van der Waals surface area contributed by atoms with Crippen molar-refractivity contribution < 1.29 is 27.5 Å². The smallest absolute Gasteiger partial charge is 0.244 e. The molecule has 36 heavy (non-hydrogen) atoms. The summed E-state index contributed by atoms with van der Waals surface area (Å²) in [6.07, 6.45) is 1.32. The van der Waals surface area contributed by atoms with Gasteiger partial charge in [0, 0.05) is 18.7 Å². The van der Waals surface area contributed by atoms with E-state index >= 15 is 0 Å². The number of halogens is 2. The number of carbonyl (C=O) groups is 2. The fourth-order valence-electron chi connectivity index (χ4n) is 3.79. The second-order valence-corrected chi connectivity index (χ2v) is 11.4. The molecule has 0 unspecified atom stereocenters. The zero-order chi connectivity index (χ0) is 26.6. The summed E-state index contributed by atoms with van der Waals surface area (Å²) >= 11 is 12.2. The summed E-state index contributed by atoms with van der Waals surface area (Å²) in [5, 5.41) is 3.50. The molecule has 1 aliphatic rings. The van der Waals surface area contributed by atoms with Crippen molar-refractivity contribution in [3.63, 3.8) is 0 Å². The van der Waals surface area contributed by atoms with Gasteiger partial charge in [0.05, 0.1) is 22.0 Å². The van der Waals surface area contributed by atoms with Crippen LogP contribution in [0.25, 0.3) is 0 Å². The first-order chi connectivity index (χ1) is 16.9. The molecule has 0 saturated heterocycles. The van der Waals surface area contributed by atoms with E-state index in [2.05, 4.69) is 5.32 Å². The summed E-state index contributed by atoms with van der Waals surface area (Å²) in [5.74, 6) is -0.0370. The lowest BCUT2D eigenvalue weighted by Crippen LogP contribution is -2.53. The molecule has 0 aliphatic carbocycles. The number of nitrogens with zero attached hydrogens (tertiary/aromatic N) is 2. The minimum atomic E-state index is -3.87. The van der Waals surface area contributed by atoms with Crippen molar-refractivity contribution in [3.8, 4) is 11.5 Å². The van der Waals surface area contributed by atoms with E-state index in [-0.39, 0.29) is 31.0 Å². The van der Waals surface area contributed by atoms with E-state index in [1.165, 1.54) is 17.0 Å². The number of anilines is 1. The van der Waals surface area contributed by atoms with Crippen LogP contribution >= 0.6 is 23.2 Å². The molecule has 1 atom stereocenters. The molecule has 0 spiro atoms. The van der Waals surface area contributed by atoms with Crippen molar-refractivity contribution in [1.82, 2.24) is 10.2 Å². The molecule has 2 aromatic rings. The number of ether oxygens (including phenoxy) is 2. The number of nitrogens with one attached hydrogen (secondary N) is 1. The first-order valence-electron chi connectivity index (χ1n) is 11.3. The van der Waals surface area contributed by atoms with Gasteiger partial charge in [0.15, 0.2) is 11.5 Å². The predicted octanol–water partition coefficient (Wildman–Crippen LogP) is 3.82. The molecule has 196 valence electrons. The maximum atomic E-state index is 13.7. The third-order valence-electron chi connectivity index (χ3n) is 5.48. The van der Waals surface area contributed by atoms with Gasteiger partial charge in [-0.3, -0.25) is 13.9 Å². The van der Waals surface area contributed by atoms with Crippen LogP contribution in [0.3, 0.4) is 0 Å². The van der Waals surface area contributed by atoms with Crippen molar-refractivity contribution in [2.45, 2.75) is 45.8 Å². The molecule has 0 radical (unpaired) electrons. The van der Waals surface area contributed by atoms with Gasteiger partial charge >= 0.3 is 0 Å². The molecule has 0 bridgehead atoms. The third kappa shape index (κ3) is 6.74. The van der Waals surface area contributed by atoms with Gasteiger partial charge in [0.1, 0.15) is 12.6 Å².